The summed E-state index contributed by atoms with van der Waals surface area (Å²) in [4.78, 5) is 24.3. The topological polar surface area (TPSA) is 104 Å². The van der Waals surface area contributed by atoms with E-state index in [-0.39, 0.29) is 16.5 Å². The van der Waals surface area contributed by atoms with Gasteiger partial charge in [0.2, 0.25) is 11.8 Å². The van der Waals surface area contributed by atoms with Crippen molar-refractivity contribution in [2.45, 2.75) is 11.3 Å². The lowest BCUT2D eigenvalue weighted by atomic mass is 10.1. The Hall–Kier alpha value is -3.40. The zero-order valence-corrected chi connectivity index (χ0v) is 16.9. The summed E-state index contributed by atoms with van der Waals surface area (Å²) in [6.07, 6.45) is 0. The first-order valence-corrected chi connectivity index (χ1v) is 9.72. The predicted molar refractivity (Wildman–Crippen MR) is 106 cm³/mol. The van der Waals surface area contributed by atoms with Crippen molar-refractivity contribution in [2.75, 3.05) is 20.0 Å². The fourth-order valence-electron chi connectivity index (χ4n) is 2.54. The van der Waals surface area contributed by atoms with Crippen LogP contribution in [0.4, 0.5) is 4.39 Å². The second-order valence-corrected chi connectivity index (χ2v) is 6.86. The summed E-state index contributed by atoms with van der Waals surface area (Å²) in [5, 5.41) is 10.5. The second kappa shape index (κ2) is 9.88. The molecule has 1 N–H and O–H groups in total. The number of rotatable bonds is 8. The van der Waals surface area contributed by atoms with Gasteiger partial charge in [0.15, 0.2) is 6.04 Å². The van der Waals surface area contributed by atoms with Crippen LogP contribution in [0.2, 0.25) is 0 Å². The van der Waals surface area contributed by atoms with Gasteiger partial charge in [0.25, 0.3) is 5.22 Å². The van der Waals surface area contributed by atoms with Gasteiger partial charge >= 0.3 is 5.97 Å². The van der Waals surface area contributed by atoms with Crippen LogP contribution in [0.15, 0.2) is 58.2 Å². The molecule has 0 aliphatic heterocycles. The van der Waals surface area contributed by atoms with Gasteiger partial charge in [-0.05, 0) is 30.3 Å². The van der Waals surface area contributed by atoms with Crippen molar-refractivity contribution < 1.29 is 27.9 Å². The van der Waals surface area contributed by atoms with Crippen molar-refractivity contribution in [1.29, 1.82) is 0 Å². The lowest BCUT2D eigenvalue weighted by Gasteiger charge is -2.17. The Balaban J connectivity index is 1.62. The van der Waals surface area contributed by atoms with Gasteiger partial charge in [0, 0.05) is 11.1 Å². The highest BCUT2D eigenvalue weighted by molar-refractivity contribution is 7.99. The molecular weight excluding hydrogens is 413 g/mol. The molecule has 156 valence electrons. The van der Waals surface area contributed by atoms with Crippen molar-refractivity contribution in [3.63, 3.8) is 0 Å². The third kappa shape index (κ3) is 5.15. The first kappa shape index (κ1) is 21.3. The molecule has 0 saturated heterocycles. The molecule has 0 aliphatic rings. The Morgan fingerprint density at radius 2 is 1.87 bits per heavy atom. The van der Waals surface area contributed by atoms with Gasteiger partial charge in [-0.15, -0.1) is 10.2 Å². The minimum Gasteiger partial charge on any atom is -0.497 e. The van der Waals surface area contributed by atoms with Crippen LogP contribution in [-0.4, -0.2) is 42.0 Å². The fourth-order valence-corrected chi connectivity index (χ4v) is 3.11. The zero-order valence-electron chi connectivity index (χ0n) is 16.1. The Bertz CT molecular complexity index is 1030. The summed E-state index contributed by atoms with van der Waals surface area (Å²) in [6.45, 7) is 0. The van der Waals surface area contributed by atoms with Crippen LogP contribution in [-0.2, 0) is 14.3 Å². The van der Waals surface area contributed by atoms with Gasteiger partial charge in [-0.2, -0.15) is 0 Å². The highest BCUT2D eigenvalue weighted by Crippen LogP contribution is 2.25. The summed E-state index contributed by atoms with van der Waals surface area (Å²) in [6, 6.07) is 11.4. The number of hydrogen-bond acceptors (Lipinski definition) is 8. The third-order valence-electron chi connectivity index (χ3n) is 4.03. The third-order valence-corrected chi connectivity index (χ3v) is 4.85. The van der Waals surface area contributed by atoms with Crippen LogP contribution in [0.25, 0.3) is 11.5 Å². The van der Waals surface area contributed by atoms with Gasteiger partial charge in [0.1, 0.15) is 11.6 Å². The van der Waals surface area contributed by atoms with Gasteiger partial charge in [-0.3, -0.25) is 4.79 Å². The molecule has 0 spiro atoms. The molecule has 1 atom stereocenters. The molecule has 8 nitrogen and oxygen atoms in total. The van der Waals surface area contributed by atoms with E-state index < -0.39 is 23.7 Å². The maximum Gasteiger partial charge on any atom is 0.333 e. The Morgan fingerprint density at radius 3 is 2.53 bits per heavy atom. The van der Waals surface area contributed by atoms with E-state index in [9.17, 15) is 14.0 Å². The molecule has 1 unspecified atom stereocenters. The minimum atomic E-state index is -1.26. The van der Waals surface area contributed by atoms with E-state index in [0.29, 0.717) is 17.2 Å². The molecule has 3 aromatic rings. The largest absolute Gasteiger partial charge is 0.497 e. The molecule has 0 fully saturated rings. The summed E-state index contributed by atoms with van der Waals surface area (Å²) in [5.74, 6) is -1.06. The van der Waals surface area contributed by atoms with Gasteiger partial charge in [0.05, 0.1) is 20.0 Å². The number of methoxy groups -OCH3 is 2. The van der Waals surface area contributed by atoms with Crippen LogP contribution in [0.5, 0.6) is 5.75 Å². The smallest absolute Gasteiger partial charge is 0.333 e. The zero-order chi connectivity index (χ0) is 21.5. The van der Waals surface area contributed by atoms with Crippen molar-refractivity contribution in [2.24, 2.45) is 0 Å². The van der Waals surface area contributed by atoms with Gasteiger partial charge in [-0.25, -0.2) is 9.18 Å². The number of thioether (sulfide) groups is 1. The van der Waals surface area contributed by atoms with Crippen molar-refractivity contribution in [3.8, 4) is 17.2 Å². The van der Waals surface area contributed by atoms with Crippen molar-refractivity contribution >= 4 is 23.6 Å². The van der Waals surface area contributed by atoms with Crippen LogP contribution < -0.4 is 10.1 Å². The minimum absolute atomic E-state index is 0.0160. The van der Waals surface area contributed by atoms with E-state index in [2.05, 4.69) is 20.3 Å². The first-order chi connectivity index (χ1) is 14.5. The molecule has 1 heterocycles. The summed E-state index contributed by atoms with van der Waals surface area (Å²) < 4.78 is 29.4. The number of esters is 1. The average molecular weight is 431 g/mol. The Kier molecular flexibility index (Phi) is 7.02. The van der Waals surface area contributed by atoms with Crippen LogP contribution in [0, 0.1) is 5.82 Å². The lowest BCUT2D eigenvalue weighted by Crippen LogP contribution is -2.36. The van der Waals surface area contributed by atoms with Crippen molar-refractivity contribution in [3.05, 3.63) is 59.9 Å². The molecule has 0 aliphatic carbocycles. The standard InChI is InChI=1S/C20H18FN3O5S/c1-27-13-9-7-12(8-10-13)18-23-24-20(29-18)30-11-16(25)22-17(19(26)28-2)14-5-3-4-6-15(14)21/h3-10,17H,11H2,1-2H3,(H,22,25). The second-order valence-electron chi connectivity index (χ2n) is 5.94. The number of carbonyl (C=O) groups is 2. The SMILES string of the molecule is COC(=O)C(NC(=O)CSc1nnc(-c2ccc(OC)cc2)o1)c1ccccc1F. The number of benzene rings is 2. The van der Waals surface area contributed by atoms with E-state index >= 15 is 0 Å². The molecule has 0 bridgehead atoms. The molecule has 1 aromatic heterocycles. The number of aromatic nitrogens is 2. The fraction of sp³-hybridized carbons (Fsp3) is 0.200. The van der Waals surface area contributed by atoms with Gasteiger partial charge < -0.3 is 19.2 Å². The Labute approximate surface area is 175 Å². The van der Waals surface area contributed by atoms with E-state index in [1.807, 2.05) is 0 Å². The summed E-state index contributed by atoms with van der Waals surface area (Å²) in [5.41, 5.74) is 0.715. The summed E-state index contributed by atoms with van der Waals surface area (Å²) in [7, 11) is 2.73. The molecule has 1 amide bonds. The normalized spacial score (nSPS) is 11.6. The molecule has 0 radical (unpaired) electrons. The highest BCUT2D eigenvalue weighted by Gasteiger charge is 2.26. The molecule has 10 heteroatoms. The monoisotopic (exact) mass is 431 g/mol. The number of hydrogen-bond donors (Lipinski definition) is 1. The first-order valence-electron chi connectivity index (χ1n) is 8.74. The van der Waals surface area contributed by atoms with Crippen LogP contribution in [0.3, 0.4) is 0 Å². The number of nitrogens with one attached hydrogen (secondary N) is 1. The molecular formula is C20H18FN3O5S. The number of halogens is 1. The van der Waals surface area contributed by atoms with E-state index in [1.54, 1.807) is 37.4 Å². The highest BCUT2D eigenvalue weighted by atomic mass is 32.2. The average Bonchev–Trinajstić information content (AvgIpc) is 3.25. The summed E-state index contributed by atoms with van der Waals surface area (Å²) >= 11 is 0.989. The molecule has 2 aromatic carbocycles. The number of carbonyl (C=O) groups excluding carboxylic acids is 2. The number of ether oxygens (including phenoxy) is 2. The number of nitrogens with zero attached hydrogens (tertiary/aromatic N) is 2. The van der Waals surface area contributed by atoms with E-state index in [4.69, 9.17) is 9.15 Å². The lowest BCUT2D eigenvalue weighted by molar-refractivity contribution is -0.145. The van der Waals surface area contributed by atoms with Crippen LogP contribution >= 0.6 is 11.8 Å². The van der Waals surface area contributed by atoms with E-state index in [1.165, 1.54) is 18.2 Å². The molecule has 30 heavy (non-hydrogen) atoms. The maximum atomic E-state index is 14.0. The van der Waals surface area contributed by atoms with Gasteiger partial charge in [-0.1, -0.05) is 30.0 Å². The van der Waals surface area contributed by atoms with E-state index in [0.717, 1.165) is 18.9 Å². The van der Waals surface area contributed by atoms with Crippen LogP contribution in [0.1, 0.15) is 11.6 Å². The number of amides is 1. The quantitative estimate of drug-likeness (QED) is 0.429. The molecule has 0 saturated carbocycles. The maximum absolute atomic E-state index is 14.0. The molecule has 3 rings (SSSR count). The predicted octanol–water partition coefficient (Wildman–Crippen LogP) is 3.01. The van der Waals surface area contributed by atoms with Crippen molar-refractivity contribution in [1.82, 2.24) is 15.5 Å². The Morgan fingerprint density at radius 1 is 1.13 bits per heavy atom.